The Hall–Kier alpha value is -1.96. The smallest absolute Gasteiger partial charge is 0.151 e. The number of fused-ring (bicyclic) bond motifs is 2. The lowest BCUT2D eigenvalue weighted by Gasteiger charge is -2.24. The Morgan fingerprint density at radius 1 is 0.750 bits per heavy atom. The fraction of sp³-hybridized carbons (Fsp3) is 0.333. The Bertz CT molecular complexity index is 586. The molecule has 0 aromatic heterocycles. The van der Waals surface area contributed by atoms with Crippen LogP contribution in [0.25, 0.3) is 0 Å². The van der Waals surface area contributed by atoms with Crippen molar-refractivity contribution in [3.05, 3.63) is 47.5 Å². The molecule has 0 spiro atoms. The van der Waals surface area contributed by atoms with E-state index >= 15 is 0 Å². The third-order valence-corrected chi connectivity index (χ3v) is 3.83. The number of benzene rings is 2. The first-order valence-electron chi connectivity index (χ1n) is 7.27. The normalized spacial score (nSPS) is 12.7. The lowest BCUT2D eigenvalue weighted by molar-refractivity contribution is 0.479. The summed E-state index contributed by atoms with van der Waals surface area (Å²) in [5.41, 5.74) is 4.72. The van der Waals surface area contributed by atoms with Crippen molar-refractivity contribution in [1.29, 1.82) is 0 Å². The van der Waals surface area contributed by atoms with Crippen molar-refractivity contribution >= 4 is 11.4 Å². The molecule has 0 atom stereocenters. The maximum absolute atomic E-state index is 6.04. The molecule has 0 radical (unpaired) electrons. The molecule has 1 aliphatic heterocycles. The largest absolute Gasteiger partial charge is 0.453 e. The summed E-state index contributed by atoms with van der Waals surface area (Å²) >= 11 is 0. The molecule has 0 saturated carbocycles. The summed E-state index contributed by atoms with van der Waals surface area (Å²) in [7, 11) is 0. The molecule has 0 saturated heterocycles. The second kappa shape index (κ2) is 4.86. The molecule has 1 heterocycles. The van der Waals surface area contributed by atoms with Crippen LogP contribution in [-0.4, -0.2) is 0 Å². The monoisotopic (exact) mass is 267 g/mol. The third-order valence-electron chi connectivity index (χ3n) is 3.83. The lowest BCUT2D eigenvalue weighted by atomic mass is 10.0. The third kappa shape index (κ3) is 2.26. The van der Waals surface area contributed by atoms with Crippen LogP contribution >= 0.6 is 0 Å². The molecule has 0 unspecified atom stereocenters. The molecule has 2 aromatic rings. The molecule has 20 heavy (non-hydrogen) atoms. The Kier molecular flexibility index (Phi) is 3.17. The second-order valence-corrected chi connectivity index (χ2v) is 6.05. The van der Waals surface area contributed by atoms with E-state index in [4.69, 9.17) is 4.74 Å². The molecule has 0 bridgehead atoms. The summed E-state index contributed by atoms with van der Waals surface area (Å²) < 4.78 is 6.04. The van der Waals surface area contributed by atoms with E-state index in [1.54, 1.807) is 0 Å². The summed E-state index contributed by atoms with van der Waals surface area (Å²) in [6, 6.07) is 12.8. The van der Waals surface area contributed by atoms with Gasteiger partial charge in [0.25, 0.3) is 0 Å². The van der Waals surface area contributed by atoms with Crippen LogP contribution in [0.2, 0.25) is 0 Å². The van der Waals surface area contributed by atoms with Gasteiger partial charge in [-0.1, -0.05) is 39.8 Å². The Morgan fingerprint density at radius 2 is 1.40 bits per heavy atom. The van der Waals surface area contributed by atoms with Crippen LogP contribution in [-0.2, 0) is 0 Å². The molecule has 2 heteroatoms. The molecule has 0 aliphatic carbocycles. The summed E-state index contributed by atoms with van der Waals surface area (Å²) in [6.07, 6.45) is 0. The number of nitrogens with one attached hydrogen (secondary N) is 1. The van der Waals surface area contributed by atoms with Gasteiger partial charge in [-0.15, -0.1) is 0 Å². The van der Waals surface area contributed by atoms with E-state index in [0.717, 1.165) is 22.9 Å². The van der Waals surface area contributed by atoms with Gasteiger partial charge in [-0.25, -0.2) is 0 Å². The van der Waals surface area contributed by atoms with Gasteiger partial charge in [-0.05, 0) is 47.2 Å². The molecule has 3 rings (SSSR count). The Labute approximate surface area is 120 Å². The minimum Gasteiger partial charge on any atom is -0.453 e. The summed E-state index contributed by atoms with van der Waals surface area (Å²) in [5, 5.41) is 3.48. The van der Waals surface area contributed by atoms with Crippen LogP contribution in [0.15, 0.2) is 36.4 Å². The molecule has 0 amide bonds. The van der Waals surface area contributed by atoms with Crippen molar-refractivity contribution in [3.63, 3.8) is 0 Å². The van der Waals surface area contributed by atoms with Gasteiger partial charge in [-0.3, -0.25) is 0 Å². The van der Waals surface area contributed by atoms with Crippen molar-refractivity contribution < 1.29 is 4.74 Å². The maximum atomic E-state index is 6.04. The van der Waals surface area contributed by atoms with Gasteiger partial charge in [0.2, 0.25) is 0 Å². The van der Waals surface area contributed by atoms with E-state index in [0.29, 0.717) is 11.8 Å². The van der Waals surface area contributed by atoms with Crippen LogP contribution < -0.4 is 10.1 Å². The Balaban J connectivity index is 1.97. The van der Waals surface area contributed by atoms with Gasteiger partial charge in [0.15, 0.2) is 11.5 Å². The zero-order valence-corrected chi connectivity index (χ0v) is 12.5. The van der Waals surface area contributed by atoms with E-state index in [2.05, 4.69) is 69.4 Å². The summed E-state index contributed by atoms with van der Waals surface area (Å²) in [5.74, 6) is 2.85. The minimum absolute atomic E-state index is 0.508. The number of hydrogen-bond acceptors (Lipinski definition) is 2. The number of hydrogen-bond donors (Lipinski definition) is 1. The van der Waals surface area contributed by atoms with Gasteiger partial charge in [-0.2, -0.15) is 0 Å². The standard InChI is InChI=1S/C18H21NO/c1-11(2)13-6-8-17-16(9-13)19-15-7-5-14(12(3)4)10-18(15)20-17/h5-12,19H,1-4H3. The first kappa shape index (κ1) is 13.0. The molecule has 104 valence electrons. The second-order valence-electron chi connectivity index (χ2n) is 6.05. The maximum Gasteiger partial charge on any atom is 0.151 e. The molecule has 2 nitrogen and oxygen atoms in total. The van der Waals surface area contributed by atoms with E-state index in [9.17, 15) is 0 Å². The first-order chi connectivity index (χ1) is 9.54. The van der Waals surface area contributed by atoms with Crippen molar-refractivity contribution in [2.24, 2.45) is 0 Å². The molecule has 2 aromatic carbocycles. The predicted molar refractivity (Wildman–Crippen MR) is 84.4 cm³/mol. The number of ether oxygens (including phenoxy) is 1. The van der Waals surface area contributed by atoms with Gasteiger partial charge in [0, 0.05) is 0 Å². The molecule has 1 aliphatic rings. The zero-order chi connectivity index (χ0) is 14.3. The zero-order valence-electron chi connectivity index (χ0n) is 12.5. The number of rotatable bonds is 2. The number of anilines is 2. The van der Waals surface area contributed by atoms with Gasteiger partial charge in [0.1, 0.15) is 0 Å². The van der Waals surface area contributed by atoms with Crippen molar-refractivity contribution in [3.8, 4) is 11.5 Å². The topological polar surface area (TPSA) is 21.3 Å². The molecule has 0 fully saturated rings. The highest BCUT2D eigenvalue weighted by molar-refractivity contribution is 5.76. The van der Waals surface area contributed by atoms with Crippen molar-refractivity contribution in [2.75, 3.05) is 5.32 Å². The lowest BCUT2D eigenvalue weighted by Crippen LogP contribution is -2.04. The van der Waals surface area contributed by atoms with E-state index in [-0.39, 0.29) is 0 Å². The van der Waals surface area contributed by atoms with Crippen LogP contribution in [0, 0.1) is 0 Å². The molecular weight excluding hydrogens is 246 g/mol. The van der Waals surface area contributed by atoms with Crippen LogP contribution in [0.1, 0.15) is 50.7 Å². The first-order valence-corrected chi connectivity index (χ1v) is 7.27. The highest BCUT2D eigenvalue weighted by atomic mass is 16.5. The van der Waals surface area contributed by atoms with Crippen molar-refractivity contribution in [2.45, 2.75) is 39.5 Å². The van der Waals surface area contributed by atoms with E-state index in [1.165, 1.54) is 11.1 Å². The minimum atomic E-state index is 0.508. The van der Waals surface area contributed by atoms with Gasteiger partial charge >= 0.3 is 0 Å². The highest BCUT2D eigenvalue weighted by Crippen LogP contribution is 2.43. The van der Waals surface area contributed by atoms with Crippen LogP contribution in [0.4, 0.5) is 11.4 Å². The highest BCUT2D eigenvalue weighted by Gasteiger charge is 2.18. The fourth-order valence-electron chi connectivity index (χ4n) is 2.44. The summed E-state index contributed by atoms with van der Waals surface area (Å²) in [4.78, 5) is 0. The quantitative estimate of drug-likeness (QED) is 0.635. The average molecular weight is 267 g/mol. The van der Waals surface area contributed by atoms with Gasteiger partial charge < -0.3 is 10.1 Å². The molecular formula is C18H21NO. The SMILES string of the molecule is CC(C)c1ccc2c(c1)Nc1ccc(C(C)C)cc1O2. The van der Waals surface area contributed by atoms with Crippen LogP contribution in [0.5, 0.6) is 11.5 Å². The Morgan fingerprint density at radius 3 is 2.10 bits per heavy atom. The van der Waals surface area contributed by atoms with E-state index in [1.807, 2.05) is 0 Å². The van der Waals surface area contributed by atoms with Crippen LogP contribution in [0.3, 0.4) is 0 Å². The molecule has 1 N–H and O–H groups in total. The van der Waals surface area contributed by atoms with Gasteiger partial charge in [0.05, 0.1) is 11.4 Å². The summed E-state index contributed by atoms with van der Waals surface area (Å²) in [6.45, 7) is 8.80. The van der Waals surface area contributed by atoms with E-state index < -0.39 is 0 Å². The fourth-order valence-corrected chi connectivity index (χ4v) is 2.44. The predicted octanol–water partition coefficient (Wildman–Crippen LogP) is 5.78. The van der Waals surface area contributed by atoms with Crippen molar-refractivity contribution in [1.82, 2.24) is 0 Å². The average Bonchev–Trinajstić information content (AvgIpc) is 2.43.